The van der Waals surface area contributed by atoms with Crippen molar-refractivity contribution in [2.45, 2.75) is 39.2 Å². The standard InChI is InChI=1S/C38H43N3O7S/c1-6-8-9-35(42)48-39-34(22-27-49(5,45)46)36(43)29-12-18-32(19-13-29)41(31-16-10-28(7-2)11-17-31)33-20-14-30(15-21-33)37(44)38(3,4)40-23-25-47-26-24-40/h6,8-21H,1,7,22-27H2,2-5H3/b9-8+,39-34+. The molecular formula is C38H43N3O7S. The number of allylic oxidation sites excluding steroid dienone is 2. The fourth-order valence-corrected chi connectivity index (χ4v) is 5.96. The fraction of sp³-hybridized carbons (Fsp3) is 0.316. The summed E-state index contributed by atoms with van der Waals surface area (Å²) in [5.41, 5.74) is 3.54. The number of anilines is 3. The molecule has 1 aliphatic heterocycles. The summed E-state index contributed by atoms with van der Waals surface area (Å²) in [4.78, 5) is 48.1. The van der Waals surface area contributed by atoms with Crippen molar-refractivity contribution >= 4 is 50.1 Å². The monoisotopic (exact) mass is 685 g/mol. The van der Waals surface area contributed by atoms with Crippen LogP contribution in [0.5, 0.6) is 0 Å². The third kappa shape index (κ3) is 9.91. The van der Waals surface area contributed by atoms with Gasteiger partial charge in [-0.2, -0.15) is 0 Å². The number of oxime groups is 1. The molecule has 0 aromatic heterocycles. The van der Waals surface area contributed by atoms with E-state index < -0.39 is 27.1 Å². The van der Waals surface area contributed by atoms with Crippen molar-refractivity contribution < 1.29 is 32.4 Å². The van der Waals surface area contributed by atoms with Crippen LogP contribution >= 0.6 is 0 Å². The van der Waals surface area contributed by atoms with Crippen LogP contribution in [0.3, 0.4) is 0 Å². The summed E-state index contributed by atoms with van der Waals surface area (Å²) < 4.78 is 29.2. The summed E-state index contributed by atoms with van der Waals surface area (Å²) in [6.07, 6.45) is 5.52. The molecule has 0 atom stereocenters. The molecule has 1 aliphatic rings. The van der Waals surface area contributed by atoms with E-state index in [0.29, 0.717) is 31.9 Å². The van der Waals surface area contributed by atoms with E-state index in [1.54, 1.807) is 24.3 Å². The Morgan fingerprint density at radius 1 is 0.918 bits per heavy atom. The number of aryl methyl sites for hydroxylation is 1. The Labute approximate surface area is 288 Å². The Bertz CT molecular complexity index is 1810. The Balaban J connectivity index is 1.65. The number of carbonyl (C=O) groups is 3. The molecule has 1 heterocycles. The van der Waals surface area contributed by atoms with Crippen LogP contribution < -0.4 is 4.90 Å². The zero-order valence-corrected chi connectivity index (χ0v) is 29.2. The molecular weight excluding hydrogens is 642 g/mol. The van der Waals surface area contributed by atoms with E-state index in [9.17, 15) is 22.8 Å². The molecule has 10 nitrogen and oxygen atoms in total. The summed E-state index contributed by atoms with van der Waals surface area (Å²) in [5, 5.41) is 3.71. The highest BCUT2D eigenvalue weighted by molar-refractivity contribution is 7.90. The van der Waals surface area contributed by atoms with E-state index in [4.69, 9.17) is 9.57 Å². The molecule has 0 saturated carbocycles. The maximum atomic E-state index is 13.6. The smallest absolute Gasteiger partial charge is 0.358 e. The van der Waals surface area contributed by atoms with Gasteiger partial charge in [0.25, 0.3) is 0 Å². The van der Waals surface area contributed by atoms with Gasteiger partial charge in [0.2, 0.25) is 5.78 Å². The predicted molar refractivity (Wildman–Crippen MR) is 193 cm³/mol. The van der Waals surface area contributed by atoms with Crippen LogP contribution in [0, 0.1) is 0 Å². The lowest BCUT2D eigenvalue weighted by Crippen LogP contribution is -2.54. The zero-order chi connectivity index (χ0) is 35.6. The Hall–Kier alpha value is -4.71. The first-order valence-corrected chi connectivity index (χ1v) is 18.2. The molecule has 0 radical (unpaired) electrons. The second-order valence-electron chi connectivity index (χ2n) is 12.2. The first-order chi connectivity index (χ1) is 23.3. The number of Topliss-reactive ketones (excluding diaryl/α,β-unsaturated/α-hetero) is 2. The topological polar surface area (TPSA) is 123 Å². The number of ketones is 2. The van der Waals surface area contributed by atoms with Crippen molar-refractivity contribution in [2.75, 3.05) is 43.2 Å². The number of ether oxygens (including phenoxy) is 1. The quantitative estimate of drug-likeness (QED) is 0.0455. The zero-order valence-electron chi connectivity index (χ0n) is 28.4. The van der Waals surface area contributed by atoms with E-state index in [2.05, 4.69) is 35.7 Å². The number of hydrogen-bond donors (Lipinski definition) is 0. The molecule has 1 saturated heterocycles. The number of benzene rings is 3. The van der Waals surface area contributed by atoms with Gasteiger partial charge in [-0.05, 0) is 86.5 Å². The largest absolute Gasteiger partial charge is 0.379 e. The van der Waals surface area contributed by atoms with E-state index in [1.807, 2.05) is 55.1 Å². The van der Waals surface area contributed by atoms with Crippen molar-refractivity contribution in [3.8, 4) is 0 Å². The lowest BCUT2D eigenvalue weighted by atomic mass is 9.90. The second kappa shape index (κ2) is 16.6. The minimum Gasteiger partial charge on any atom is -0.379 e. The van der Waals surface area contributed by atoms with Crippen LogP contribution in [0.25, 0.3) is 0 Å². The summed E-state index contributed by atoms with van der Waals surface area (Å²) in [7, 11) is -3.43. The van der Waals surface area contributed by atoms with Gasteiger partial charge < -0.3 is 14.5 Å². The van der Waals surface area contributed by atoms with Gasteiger partial charge in [0, 0.05) is 60.0 Å². The van der Waals surface area contributed by atoms with Crippen molar-refractivity contribution in [2.24, 2.45) is 5.16 Å². The van der Waals surface area contributed by atoms with Gasteiger partial charge in [-0.25, -0.2) is 13.2 Å². The number of carbonyl (C=O) groups excluding carboxylic acids is 3. The van der Waals surface area contributed by atoms with Crippen LogP contribution in [0.1, 0.15) is 53.5 Å². The lowest BCUT2D eigenvalue weighted by Gasteiger charge is -2.39. The molecule has 0 unspecified atom stereocenters. The molecule has 3 aromatic carbocycles. The average molecular weight is 686 g/mol. The first kappa shape index (κ1) is 37.1. The van der Waals surface area contributed by atoms with Crippen LogP contribution in [-0.4, -0.2) is 80.4 Å². The van der Waals surface area contributed by atoms with E-state index in [0.717, 1.165) is 35.8 Å². The first-order valence-electron chi connectivity index (χ1n) is 16.1. The SMILES string of the molecule is C=C/C=C/C(=O)O/N=C(\CCS(C)(=O)=O)C(=O)c1ccc(N(c2ccc(CC)cc2)c2ccc(C(=O)C(C)(C)N3CCOCC3)cc2)cc1. The third-order valence-corrected chi connectivity index (χ3v) is 9.27. The van der Waals surface area contributed by atoms with Crippen LogP contribution in [0.4, 0.5) is 17.1 Å². The number of sulfone groups is 1. The molecule has 3 aromatic rings. The fourth-order valence-electron chi connectivity index (χ4n) is 5.40. The number of rotatable bonds is 15. The number of morpholine rings is 1. The van der Waals surface area contributed by atoms with Crippen molar-refractivity contribution in [3.63, 3.8) is 0 Å². The van der Waals surface area contributed by atoms with E-state index in [1.165, 1.54) is 17.7 Å². The molecule has 0 N–H and O–H groups in total. The molecule has 11 heteroatoms. The maximum absolute atomic E-state index is 13.6. The highest BCUT2D eigenvalue weighted by Gasteiger charge is 2.36. The van der Waals surface area contributed by atoms with Crippen molar-refractivity contribution in [1.29, 1.82) is 0 Å². The predicted octanol–water partition coefficient (Wildman–Crippen LogP) is 6.27. The number of nitrogens with zero attached hydrogens (tertiary/aromatic N) is 3. The van der Waals surface area contributed by atoms with Gasteiger partial charge >= 0.3 is 5.97 Å². The molecule has 4 rings (SSSR count). The highest BCUT2D eigenvalue weighted by atomic mass is 32.2. The van der Waals surface area contributed by atoms with Crippen LogP contribution in [-0.2, 0) is 30.6 Å². The van der Waals surface area contributed by atoms with Gasteiger partial charge in [-0.1, -0.05) is 42.9 Å². The second-order valence-corrected chi connectivity index (χ2v) is 14.4. The Kier molecular flexibility index (Phi) is 12.6. The molecule has 0 spiro atoms. The highest BCUT2D eigenvalue weighted by Crippen LogP contribution is 2.35. The normalized spacial score (nSPS) is 14.4. The molecule has 0 bridgehead atoms. The summed E-state index contributed by atoms with van der Waals surface area (Å²) in [6.45, 7) is 12.0. The maximum Gasteiger partial charge on any atom is 0.358 e. The van der Waals surface area contributed by atoms with E-state index in [-0.39, 0.29) is 29.2 Å². The minimum absolute atomic E-state index is 0.0263. The van der Waals surface area contributed by atoms with Gasteiger partial charge in [0.05, 0.1) is 24.5 Å². The Morgan fingerprint density at radius 3 is 1.96 bits per heavy atom. The molecule has 1 fully saturated rings. The molecule has 0 aliphatic carbocycles. The van der Waals surface area contributed by atoms with Crippen LogP contribution in [0.2, 0.25) is 0 Å². The van der Waals surface area contributed by atoms with Gasteiger partial charge in [0.15, 0.2) is 5.78 Å². The van der Waals surface area contributed by atoms with Gasteiger partial charge in [-0.15, -0.1) is 0 Å². The number of hydrogen-bond acceptors (Lipinski definition) is 10. The molecule has 0 amide bonds. The van der Waals surface area contributed by atoms with Crippen LogP contribution in [0.15, 0.2) is 103 Å². The molecule has 258 valence electrons. The van der Waals surface area contributed by atoms with Gasteiger partial charge in [0.1, 0.15) is 15.5 Å². The summed E-state index contributed by atoms with van der Waals surface area (Å²) >= 11 is 0. The summed E-state index contributed by atoms with van der Waals surface area (Å²) in [5.74, 6) is -1.72. The van der Waals surface area contributed by atoms with Gasteiger partial charge in [-0.3, -0.25) is 14.5 Å². The lowest BCUT2D eigenvalue weighted by molar-refractivity contribution is -0.137. The average Bonchev–Trinajstić information content (AvgIpc) is 3.11. The third-order valence-electron chi connectivity index (χ3n) is 8.32. The minimum atomic E-state index is -3.43. The Morgan fingerprint density at radius 2 is 1.45 bits per heavy atom. The van der Waals surface area contributed by atoms with E-state index >= 15 is 0 Å². The van der Waals surface area contributed by atoms with Crippen molar-refractivity contribution in [1.82, 2.24) is 4.90 Å². The van der Waals surface area contributed by atoms with Crippen molar-refractivity contribution in [3.05, 3.63) is 114 Å². The molecule has 49 heavy (non-hydrogen) atoms. The summed E-state index contributed by atoms with van der Waals surface area (Å²) in [6, 6.07) is 22.4.